The van der Waals surface area contributed by atoms with E-state index in [1.807, 2.05) is 12.1 Å². The minimum Gasteiger partial charge on any atom is -0.449 e. The SMILES string of the molecule is O=C(N[C@@H](CC1CCCCC1)C(=O)NC(CC1CC2(CCOCC2)NC1=O)C(=O)C(=O)NC1CC1)OCCc1ccc(Cl)cc1. The van der Waals surface area contributed by atoms with Gasteiger partial charge in [-0.15, -0.1) is 0 Å². The van der Waals surface area contributed by atoms with Crippen molar-refractivity contribution in [3.05, 3.63) is 34.9 Å². The van der Waals surface area contributed by atoms with Gasteiger partial charge in [-0.25, -0.2) is 4.79 Å². The van der Waals surface area contributed by atoms with E-state index in [2.05, 4.69) is 21.3 Å². The zero-order valence-corrected chi connectivity index (χ0v) is 26.5. The molecule has 2 aliphatic carbocycles. The minimum absolute atomic E-state index is 0.00120. The van der Waals surface area contributed by atoms with Gasteiger partial charge in [0, 0.05) is 42.2 Å². The van der Waals surface area contributed by atoms with Crippen molar-refractivity contribution in [2.24, 2.45) is 11.8 Å². The monoisotopic (exact) mass is 644 g/mol. The van der Waals surface area contributed by atoms with E-state index in [9.17, 15) is 24.0 Å². The molecule has 2 saturated heterocycles. The Labute approximate surface area is 269 Å². The average molecular weight is 645 g/mol. The summed E-state index contributed by atoms with van der Waals surface area (Å²) in [4.78, 5) is 66.0. The quantitative estimate of drug-likeness (QED) is 0.240. The predicted molar refractivity (Wildman–Crippen MR) is 166 cm³/mol. The second-order valence-corrected chi connectivity index (χ2v) is 13.6. The summed E-state index contributed by atoms with van der Waals surface area (Å²) in [6, 6.07) is 5.03. The summed E-state index contributed by atoms with van der Waals surface area (Å²) < 4.78 is 10.9. The molecular formula is C33H45ClN4O7. The summed E-state index contributed by atoms with van der Waals surface area (Å²) in [5.74, 6) is -2.61. The van der Waals surface area contributed by atoms with Crippen LogP contribution >= 0.6 is 11.6 Å². The van der Waals surface area contributed by atoms with Crippen molar-refractivity contribution in [3.63, 3.8) is 0 Å². The third kappa shape index (κ3) is 9.66. The van der Waals surface area contributed by atoms with Crippen LogP contribution in [-0.2, 0) is 35.1 Å². The van der Waals surface area contributed by atoms with E-state index in [1.54, 1.807) is 12.1 Å². The van der Waals surface area contributed by atoms with Crippen LogP contribution in [0.1, 0.15) is 82.6 Å². The van der Waals surface area contributed by atoms with Gasteiger partial charge in [0.2, 0.25) is 17.6 Å². The lowest BCUT2D eigenvalue weighted by Crippen LogP contribution is -2.55. The molecule has 4 N–H and O–H groups in total. The molecule has 5 rings (SSSR count). The maximum absolute atomic E-state index is 13.8. The van der Waals surface area contributed by atoms with Crippen LogP contribution in [0, 0.1) is 11.8 Å². The van der Waals surface area contributed by atoms with E-state index in [-0.39, 0.29) is 30.9 Å². The van der Waals surface area contributed by atoms with Crippen molar-refractivity contribution in [1.82, 2.24) is 21.3 Å². The van der Waals surface area contributed by atoms with Crippen LogP contribution < -0.4 is 21.3 Å². The van der Waals surface area contributed by atoms with Gasteiger partial charge >= 0.3 is 6.09 Å². The van der Waals surface area contributed by atoms with Crippen LogP contribution in [0.25, 0.3) is 0 Å². The van der Waals surface area contributed by atoms with Crippen molar-refractivity contribution in [3.8, 4) is 0 Å². The fraction of sp³-hybridized carbons (Fsp3) is 0.667. The van der Waals surface area contributed by atoms with Gasteiger partial charge in [0.25, 0.3) is 5.91 Å². The Bertz CT molecular complexity index is 1230. The first kappa shape index (κ1) is 33.2. The summed E-state index contributed by atoms with van der Waals surface area (Å²) in [6.45, 7) is 1.19. The highest BCUT2D eigenvalue weighted by Gasteiger charge is 2.47. The summed E-state index contributed by atoms with van der Waals surface area (Å²) in [5.41, 5.74) is 0.558. The van der Waals surface area contributed by atoms with Gasteiger partial charge in [0.05, 0.1) is 12.6 Å². The molecule has 2 unspecified atom stereocenters. The van der Waals surface area contributed by atoms with Crippen LogP contribution in [0.4, 0.5) is 4.79 Å². The summed E-state index contributed by atoms with van der Waals surface area (Å²) in [6.07, 6.45) is 8.73. The van der Waals surface area contributed by atoms with E-state index in [1.165, 1.54) is 0 Å². The number of carbonyl (C=O) groups excluding carboxylic acids is 5. The number of Topliss-reactive ketones (excluding diaryl/α,β-unsaturated/α-hetero) is 1. The van der Waals surface area contributed by atoms with Crippen molar-refractivity contribution in [1.29, 1.82) is 0 Å². The molecule has 12 heteroatoms. The topological polar surface area (TPSA) is 152 Å². The molecule has 0 radical (unpaired) electrons. The zero-order chi connectivity index (χ0) is 31.8. The fourth-order valence-corrected chi connectivity index (χ4v) is 6.90. The third-order valence-corrected chi connectivity index (χ3v) is 9.83. The van der Waals surface area contributed by atoms with Gasteiger partial charge in [0.1, 0.15) is 6.04 Å². The van der Waals surface area contributed by atoms with Gasteiger partial charge in [-0.3, -0.25) is 19.2 Å². The lowest BCUT2D eigenvalue weighted by atomic mass is 9.83. The van der Waals surface area contributed by atoms with E-state index in [4.69, 9.17) is 21.1 Å². The highest BCUT2D eigenvalue weighted by molar-refractivity contribution is 6.38. The Kier molecular flexibility index (Phi) is 11.4. The van der Waals surface area contributed by atoms with Crippen molar-refractivity contribution >= 4 is 41.2 Å². The molecule has 4 fully saturated rings. The summed E-state index contributed by atoms with van der Waals surface area (Å²) in [7, 11) is 0. The van der Waals surface area contributed by atoms with Gasteiger partial charge in [0.15, 0.2) is 0 Å². The predicted octanol–water partition coefficient (Wildman–Crippen LogP) is 3.36. The molecule has 4 amide bonds. The number of ether oxygens (including phenoxy) is 2. The molecule has 45 heavy (non-hydrogen) atoms. The molecule has 0 aromatic heterocycles. The van der Waals surface area contributed by atoms with E-state index in [0.29, 0.717) is 50.3 Å². The molecule has 2 heterocycles. The van der Waals surface area contributed by atoms with Gasteiger partial charge in [-0.05, 0) is 68.6 Å². The first-order chi connectivity index (χ1) is 21.7. The number of hydrogen-bond donors (Lipinski definition) is 4. The second-order valence-electron chi connectivity index (χ2n) is 13.1. The largest absolute Gasteiger partial charge is 0.449 e. The number of alkyl carbamates (subject to hydrolysis) is 1. The maximum atomic E-state index is 13.8. The number of ketones is 1. The molecule has 0 bridgehead atoms. The smallest absolute Gasteiger partial charge is 0.407 e. The molecule has 3 atom stereocenters. The molecule has 246 valence electrons. The Morgan fingerprint density at radius 1 is 0.956 bits per heavy atom. The normalized spacial score (nSPS) is 22.6. The van der Waals surface area contributed by atoms with Crippen LogP contribution in [0.3, 0.4) is 0 Å². The molecule has 4 aliphatic rings. The number of benzene rings is 1. The van der Waals surface area contributed by atoms with E-state index in [0.717, 1.165) is 50.5 Å². The Morgan fingerprint density at radius 3 is 2.36 bits per heavy atom. The van der Waals surface area contributed by atoms with E-state index < -0.39 is 47.2 Å². The van der Waals surface area contributed by atoms with E-state index >= 15 is 0 Å². The number of carbonyl (C=O) groups is 5. The van der Waals surface area contributed by atoms with Gasteiger partial charge < -0.3 is 30.7 Å². The molecular weight excluding hydrogens is 600 g/mol. The lowest BCUT2D eigenvalue weighted by molar-refractivity contribution is -0.141. The highest BCUT2D eigenvalue weighted by atomic mass is 35.5. The first-order valence-electron chi connectivity index (χ1n) is 16.4. The molecule has 2 saturated carbocycles. The fourth-order valence-electron chi connectivity index (χ4n) is 6.78. The number of rotatable bonds is 13. The van der Waals surface area contributed by atoms with Gasteiger partial charge in [-0.1, -0.05) is 55.8 Å². The molecule has 2 aliphatic heterocycles. The standard InChI is InChI=1S/C33H45ClN4O7/c34-24-8-6-21(7-9-24)12-15-45-32(43)37-27(18-22-4-2-1-3-5-22)30(41)36-26(28(39)31(42)35-25-10-11-25)19-23-20-33(38-29(23)40)13-16-44-17-14-33/h6-9,22-23,25-27H,1-5,10-20H2,(H,35,42)(H,36,41)(H,37,43)(H,38,40)/t23?,26?,27-/m0/s1. The Morgan fingerprint density at radius 2 is 1.67 bits per heavy atom. The van der Waals surface area contributed by atoms with Crippen molar-refractivity contribution < 1.29 is 33.4 Å². The zero-order valence-electron chi connectivity index (χ0n) is 25.7. The molecule has 1 spiro atoms. The Hall–Kier alpha value is -3.18. The average Bonchev–Trinajstić information content (AvgIpc) is 3.80. The molecule has 1 aromatic carbocycles. The second kappa shape index (κ2) is 15.4. The summed E-state index contributed by atoms with van der Waals surface area (Å²) in [5, 5.41) is 11.9. The van der Waals surface area contributed by atoms with Crippen molar-refractivity contribution in [2.75, 3.05) is 19.8 Å². The first-order valence-corrected chi connectivity index (χ1v) is 16.8. The molecule has 11 nitrogen and oxygen atoms in total. The van der Waals surface area contributed by atoms with Crippen LogP contribution in [0.2, 0.25) is 5.02 Å². The molecule has 1 aromatic rings. The summed E-state index contributed by atoms with van der Waals surface area (Å²) >= 11 is 5.95. The number of nitrogens with one attached hydrogen (secondary N) is 4. The maximum Gasteiger partial charge on any atom is 0.407 e. The van der Waals surface area contributed by atoms with Crippen LogP contribution in [0.5, 0.6) is 0 Å². The lowest BCUT2D eigenvalue weighted by Gasteiger charge is -2.33. The number of hydrogen-bond acceptors (Lipinski definition) is 7. The van der Waals surface area contributed by atoms with Crippen LogP contribution in [0.15, 0.2) is 24.3 Å². The number of halogens is 1. The third-order valence-electron chi connectivity index (χ3n) is 9.58. The van der Waals surface area contributed by atoms with Crippen LogP contribution in [-0.4, -0.2) is 73.1 Å². The highest BCUT2D eigenvalue weighted by Crippen LogP contribution is 2.36. The van der Waals surface area contributed by atoms with Crippen molar-refractivity contribution in [2.45, 2.75) is 107 Å². The Balaban J connectivity index is 1.25. The number of amides is 4. The minimum atomic E-state index is -1.21. The van der Waals surface area contributed by atoms with Gasteiger partial charge in [-0.2, -0.15) is 0 Å².